The monoisotopic (exact) mass is 138 g/mol. The maximum Gasteiger partial charge on any atom is 0.0497 e. The van der Waals surface area contributed by atoms with E-state index in [2.05, 4.69) is 18.5 Å². The first kappa shape index (κ1) is 8.82. The molecule has 56 valence electrons. The molecule has 2 heteroatoms. The summed E-state index contributed by atoms with van der Waals surface area (Å²) in [4.78, 5) is 0. The van der Waals surface area contributed by atoms with Crippen LogP contribution in [-0.2, 0) is 0 Å². The van der Waals surface area contributed by atoms with Crippen LogP contribution < -0.4 is 11.1 Å². The zero-order valence-corrected chi connectivity index (χ0v) is 6.35. The molecule has 0 aliphatic heterocycles. The van der Waals surface area contributed by atoms with Crippen molar-refractivity contribution in [3.63, 3.8) is 0 Å². The number of nitrogens with two attached hydrogens (primary N) is 1. The largest absolute Gasteiger partial charge is 0.397 e. The molecule has 0 unspecified atom stereocenters. The zero-order chi connectivity index (χ0) is 7.98. The molecule has 0 rings (SSSR count). The van der Waals surface area contributed by atoms with Gasteiger partial charge in [-0.3, -0.25) is 0 Å². The molecule has 0 aliphatic rings. The van der Waals surface area contributed by atoms with Crippen LogP contribution in [0, 0.1) is 0 Å². The van der Waals surface area contributed by atoms with Gasteiger partial charge in [-0.05, 0) is 12.5 Å². The van der Waals surface area contributed by atoms with E-state index in [0.717, 1.165) is 12.1 Å². The molecule has 0 bridgehead atoms. The third kappa shape index (κ3) is 3.78. The smallest absolute Gasteiger partial charge is 0.0497 e. The zero-order valence-electron chi connectivity index (χ0n) is 6.35. The second kappa shape index (κ2) is 4.68. The number of hydrogen-bond donors (Lipinski definition) is 2. The third-order valence-corrected chi connectivity index (χ3v) is 1.01. The Hall–Kier alpha value is -1.18. The van der Waals surface area contributed by atoms with Crippen LogP contribution in [0.2, 0.25) is 0 Å². The van der Waals surface area contributed by atoms with E-state index < -0.39 is 0 Å². The molecule has 0 spiro atoms. The van der Waals surface area contributed by atoms with Gasteiger partial charge in [-0.1, -0.05) is 12.7 Å². The van der Waals surface area contributed by atoms with Crippen LogP contribution in [0.15, 0.2) is 36.7 Å². The SMILES string of the molecule is C=CCN/C=C(/N)C(=C)C. The van der Waals surface area contributed by atoms with Crippen LogP contribution in [0.5, 0.6) is 0 Å². The van der Waals surface area contributed by atoms with Crippen molar-refractivity contribution in [2.75, 3.05) is 6.54 Å². The molecule has 0 aromatic carbocycles. The number of nitrogens with one attached hydrogen (secondary N) is 1. The summed E-state index contributed by atoms with van der Waals surface area (Å²) < 4.78 is 0. The van der Waals surface area contributed by atoms with E-state index in [1.54, 1.807) is 12.3 Å². The lowest BCUT2D eigenvalue weighted by Crippen LogP contribution is -2.09. The van der Waals surface area contributed by atoms with E-state index in [1.807, 2.05) is 6.92 Å². The summed E-state index contributed by atoms with van der Waals surface area (Å²) in [5.41, 5.74) is 7.08. The predicted octanol–water partition coefficient (Wildman–Crippen LogP) is 1.14. The average molecular weight is 138 g/mol. The number of rotatable bonds is 4. The molecule has 0 atom stereocenters. The highest BCUT2D eigenvalue weighted by Crippen LogP contribution is 1.94. The van der Waals surface area contributed by atoms with E-state index in [4.69, 9.17) is 5.73 Å². The van der Waals surface area contributed by atoms with Gasteiger partial charge in [0.1, 0.15) is 0 Å². The Morgan fingerprint density at radius 2 is 2.30 bits per heavy atom. The van der Waals surface area contributed by atoms with E-state index >= 15 is 0 Å². The molecule has 2 nitrogen and oxygen atoms in total. The van der Waals surface area contributed by atoms with Crippen LogP contribution in [0.3, 0.4) is 0 Å². The molecule has 0 radical (unpaired) electrons. The fourth-order valence-electron chi connectivity index (χ4n) is 0.375. The summed E-state index contributed by atoms with van der Waals surface area (Å²) >= 11 is 0. The first-order valence-corrected chi connectivity index (χ1v) is 3.14. The van der Waals surface area contributed by atoms with E-state index in [0.29, 0.717) is 5.70 Å². The van der Waals surface area contributed by atoms with Gasteiger partial charge in [-0.25, -0.2) is 0 Å². The Balaban J connectivity index is 3.68. The van der Waals surface area contributed by atoms with Crippen molar-refractivity contribution in [1.29, 1.82) is 0 Å². The first-order chi connectivity index (χ1) is 4.68. The van der Waals surface area contributed by atoms with Gasteiger partial charge in [0, 0.05) is 18.4 Å². The maximum atomic E-state index is 5.52. The van der Waals surface area contributed by atoms with Gasteiger partial charge >= 0.3 is 0 Å². The Morgan fingerprint density at radius 3 is 2.70 bits per heavy atom. The highest BCUT2D eigenvalue weighted by molar-refractivity contribution is 5.21. The Labute approximate surface area is 62.1 Å². The van der Waals surface area contributed by atoms with E-state index in [9.17, 15) is 0 Å². The minimum Gasteiger partial charge on any atom is -0.397 e. The topological polar surface area (TPSA) is 38.0 Å². The molecule has 10 heavy (non-hydrogen) atoms. The molecule has 0 aromatic heterocycles. The van der Waals surface area contributed by atoms with Gasteiger partial charge in [0.25, 0.3) is 0 Å². The second-order valence-electron chi connectivity index (χ2n) is 2.08. The second-order valence-corrected chi connectivity index (χ2v) is 2.08. The summed E-state index contributed by atoms with van der Waals surface area (Å²) in [7, 11) is 0. The average Bonchev–Trinajstić information content (AvgIpc) is 1.88. The van der Waals surface area contributed by atoms with Gasteiger partial charge in [0.15, 0.2) is 0 Å². The van der Waals surface area contributed by atoms with Crippen LogP contribution >= 0.6 is 0 Å². The minimum absolute atomic E-state index is 0.682. The van der Waals surface area contributed by atoms with Gasteiger partial charge in [-0.2, -0.15) is 0 Å². The summed E-state index contributed by atoms with van der Waals surface area (Å²) in [6, 6.07) is 0. The number of hydrogen-bond acceptors (Lipinski definition) is 2. The van der Waals surface area contributed by atoms with Gasteiger partial charge < -0.3 is 11.1 Å². The molecule has 0 aliphatic carbocycles. The van der Waals surface area contributed by atoms with Gasteiger partial charge in [0.05, 0.1) is 0 Å². The first-order valence-electron chi connectivity index (χ1n) is 3.14. The van der Waals surface area contributed by atoms with Crippen molar-refractivity contribution >= 4 is 0 Å². The lowest BCUT2D eigenvalue weighted by atomic mass is 10.3. The van der Waals surface area contributed by atoms with Crippen LogP contribution in [0.4, 0.5) is 0 Å². The van der Waals surface area contributed by atoms with E-state index in [-0.39, 0.29) is 0 Å². The van der Waals surface area contributed by atoms with Crippen molar-refractivity contribution in [2.45, 2.75) is 6.92 Å². The minimum atomic E-state index is 0.682. The molecular weight excluding hydrogens is 124 g/mol. The Kier molecular flexibility index (Phi) is 4.12. The fourth-order valence-corrected chi connectivity index (χ4v) is 0.375. The molecule has 3 N–H and O–H groups in total. The van der Waals surface area contributed by atoms with Crippen molar-refractivity contribution < 1.29 is 0 Å². The highest BCUT2D eigenvalue weighted by Gasteiger charge is 1.86. The van der Waals surface area contributed by atoms with Gasteiger partial charge in [0.2, 0.25) is 0 Å². The molecular formula is C8H14N2. The standard InChI is InChI=1S/C8H14N2/c1-4-5-10-6-8(9)7(2)3/h4,6,10H,1-2,5,9H2,3H3/b8-6+. The van der Waals surface area contributed by atoms with Crippen molar-refractivity contribution in [3.05, 3.63) is 36.7 Å². The normalized spacial score (nSPS) is 10.7. The Morgan fingerprint density at radius 1 is 1.70 bits per heavy atom. The van der Waals surface area contributed by atoms with Crippen molar-refractivity contribution in [3.8, 4) is 0 Å². The van der Waals surface area contributed by atoms with E-state index in [1.165, 1.54) is 0 Å². The van der Waals surface area contributed by atoms with Crippen LogP contribution in [0.1, 0.15) is 6.92 Å². The number of allylic oxidation sites excluding steroid dienone is 1. The van der Waals surface area contributed by atoms with Crippen molar-refractivity contribution in [1.82, 2.24) is 5.32 Å². The van der Waals surface area contributed by atoms with Crippen LogP contribution in [-0.4, -0.2) is 6.54 Å². The summed E-state index contributed by atoms with van der Waals surface area (Å²) in [5, 5.41) is 2.95. The summed E-state index contributed by atoms with van der Waals surface area (Å²) in [5.74, 6) is 0. The highest BCUT2D eigenvalue weighted by atomic mass is 14.8. The molecule has 0 heterocycles. The predicted molar refractivity (Wildman–Crippen MR) is 45.3 cm³/mol. The van der Waals surface area contributed by atoms with Crippen LogP contribution in [0.25, 0.3) is 0 Å². The Bertz CT molecular complexity index is 157. The van der Waals surface area contributed by atoms with Crippen molar-refractivity contribution in [2.24, 2.45) is 5.73 Å². The quantitative estimate of drug-likeness (QED) is 0.347. The summed E-state index contributed by atoms with van der Waals surface area (Å²) in [6.07, 6.45) is 3.49. The molecule has 0 amide bonds. The lowest BCUT2D eigenvalue weighted by Gasteiger charge is -1.99. The molecule has 0 aromatic rings. The molecule has 0 saturated heterocycles. The van der Waals surface area contributed by atoms with Gasteiger partial charge in [-0.15, -0.1) is 6.58 Å². The molecule has 0 saturated carbocycles. The third-order valence-electron chi connectivity index (χ3n) is 1.01. The lowest BCUT2D eigenvalue weighted by molar-refractivity contribution is 0.968. The fraction of sp³-hybridized carbons (Fsp3) is 0.250. The molecule has 0 fully saturated rings. The summed E-state index contributed by atoms with van der Waals surface area (Å²) in [6.45, 7) is 9.81. The maximum absolute atomic E-state index is 5.52.